The van der Waals surface area contributed by atoms with Crippen LogP contribution in [0.5, 0.6) is 0 Å². The molecule has 0 spiro atoms. The minimum Gasteiger partial charge on any atom is -0.464 e. The lowest BCUT2D eigenvalue weighted by Crippen LogP contribution is -2.41. The molecule has 0 aromatic carbocycles. The highest BCUT2D eigenvalue weighted by Crippen LogP contribution is 2.28. The highest BCUT2D eigenvalue weighted by molar-refractivity contribution is 6.45. The number of esters is 1. The summed E-state index contributed by atoms with van der Waals surface area (Å²) in [5.41, 5.74) is 0. The van der Waals surface area contributed by atoms with E-state index in [1.165, 1.54) is 0 Å². The van der Waals surface area contributed by atoms with Crippen molar-refractivity contribution in [3.05, 3.63) is 12.2 Å². The molecule has 0 aromatic heterocycles. The van der Waals surface area contributed by atoms with Gasteiger partial charge in [-0.25, -0.2) is 4.79 Å². The van der Waals surface area contributed by atoms with Crippen molar-refractivity contribution in [1.29, 1.82) is 0 Å². The number of ether oxygens (including phenoxy) is 1. The summed E-state index contributed by atoms with van der Waals surface area (Å²) in [7, 11) is 0. The second-order valence-corrected chi connectivity index (χ2v) is 3.80. The molecule has 0 saturated carbocycles. The van der Waals surface area contributed by atoms with Crippen molar-refractivity contribution in [2.75, 3.05) is 6.61 Å². The van der Waals surface area contributed by atoms with E-state index in [1.54, 1.807) is 13.0 Å². The zero-order chi connectivity index (χ0) is 10.6. The van der Waals surface area contributed by atoms with Crippen molar-refractivity contribution in [3.8, 4) is 0 Å². The van der Waals surface area contributed by atoms with E-state index in [9.17, 15) is 9.59 Å². The molecule has 14 heavy (non-hydrogen) atoms. The summed E-state index contributed by atoms with van der Waals surface area (Å²) in [6.45, 7) is 1.93. The molecule has 0 bridgehead atoms. The number of Topliss-reactive ketones (excluding diaryl/α,β-unsaturated/α-hetero) is 1. The Labute approximate surface area is 88.1 Å². The first kappa shape index (κ1) is 11.2. The van der Waals surface area contributed by atoms with Crippen LogP contribution < -0.4 is 0 Å². The summed E-state index contributed by atoms with van der Waals surface area (Å²) in [6, 6.07) is 0. The molecular weight excluding hydrogens is 204 g/mol. The van der Waals surface area contributed by atoms with E-state index in [2.05, 4.69) is 0 Å². The summed E-state index contributed by atoms with van der Waals surface area (Å²) in [4.78, 5) is 21.6. The fourth-order valence-electron chi connectivity index (χ4n) is 1.33. The van der Waals surface area contributed by atoms with Crippen LogP contribution in [0, 0.1) is 0 Å². The maximum atomic E-state index is 11.6. The fourth-order valence-corrected chi connectivity index (χ4v) is 1.57. The molecule has 1 rings (SSSR count). The maximum Gasteiger partial charge on any atom is 0.335 e. The molecule has 3 nitrogen and oxygen atoms in total. The number of ketones is 1. The Bertz CT molecular complexity index is 273. The molecule has 4 heteroatoms. The molecule has 0 aromatic rings. The molecule has 1 aliphatic carbocycles. The number of allylic oxidation sites excluding steroid dienone is 2. The van der Waals surface area contributed by atoms with Gasteiger partial charge in [0.15, 0.2) is 5.78 Å². The van der Waals surface area contributed by atoms with Gasteiger partial charge in [-0.15, -0.1) is 0 Å². The first-order valence-corrected chi connectivity index (χ1v) is 5.03. The number of alkyl halides is 1. The second kappa shape index (κ2) is 4.60. The molecule has 0 saturated heterocycles. The Morgan fingerprint density at radius 3 is 3.00 bits per heavy atom. The quantitative estimate of drug-likeness (QED) is 0.306. The average molecular weight is 217 g/mol. The monoisotopic (exact) mass is 216 g/mol. The Kier molecular flexibility index (Phi) is 3.69. The molecule has 0 heterocycles. The molecule has 0 N–H and O–H groups in total. The standard InChI is InChI=1S/C10H13ClO3/c1-2-14-9(13)10(11)7-5-3-4-6-8(10)12/h3,5H,2,4,6-7H2,1H3. The van der Waals surface area contributed by atoms with Crippen LogP contribution in [0.1, 0.15) is 26.2 Å². The van der Waals surface area contributed by atoms with Gasteiger partial charge in [-0.05, 0) is 13.3 Å². The molecule has 0 amide bonds. The summed E-state index contributed by atoms with van der Waals surface area (Å²) in [5.74, 6) is -0.874. The van der Waals surface area contributed by atoms with Crippen molar-refractivity contribution in [2.45, 2.75) is 31.1 Å². The molecule has 1 unspecified atom stereocenters. The van der Waals surface area contributed by atoms with Gasteiger partial charge in [0.2, 0.25) is 4.87 Å². The van der Waals surface area contributed by atoms with Crippen LogP contribution in [-0.4, -0.2) is 23.2 Å². The van der Waals surface area contributed by atoms with Crippen LogP contribution >= 0.6 is 11.6 Å². The number of carbonyl (C=O) groups excluding carboxylic acids is 2. The minimum atomic E-state index is -1.48. The average Bonchev–Trinajstić information content (AvgIpc) is 2.31. The summed E-state index contributed by atoms with van der Waals surface area (Å²) < 4.78 is 4.78. The third-order valence-corrected chi connectivity index (χ3v) is 2.66. The number of carbonyl (C=O) groups is 2. The lowest BCUT2D eigenvalue weighted by Gasteiger charge is -2.20. The van der Waals surface area contributed by atoms with Gasteiger partial charge in [0, 0.05) is 12.8 Å². The van der Waals surface area contributed by atoms with E-state index < -0.39 is 10.8 Å². The summed E-state index contributed by atoms with van der Waals surface area (Å²) in [5, 5.41) is 0. The predicted octanol–water partition coefficient (Wildman–Crippen LogP) is 1.84. The van der Waals surface area contributed by atoms with E-state index in [0.717, 1.165) is 0 Å². The Morgan fingerprint density at radius 1 is 1.64 bits per heavy atom. The molecular formula is C10H13ClO3. The molecule has 0 aliphatic heterocycles. The van der Waals surface area contributed by atoms with Crippen molar-refractivity contribution in [3.63, 3.8) is 0 Å². The largest absolute Gasteiger partial charge is 0.464 e. The number of hydrogen-bond acceptors (Lipinski definition) is 3. The van der Waals surface area contributed by atoms with Crippen LogP contribution in [0.15, 0.2) is 12.2 Å². The van der Waals surface area contributed by atoms with Gasteiger partial charge in [-0.1, -0.05) is 23.8 Å². The van der Waals surface area contributed by atoms with E-state index in [-0.39, 0.29) is 18.8 Å². The fraction of sp³-hybridized carbons (Fsp3) is 0.600. The molecule has 78 valence electrons. The molecule has 1 aliphatic rings. The first-order chi connectivity index (χ1) is 6.61. The lowest BCUT2D eigenvalue weighted by molar-refractivity contribution is -0.149. The van der Waals surface area contributed by atoms with Gasteiger partial charge in [0.1, 0.15) is 0 Å². The SMILES string of the molecule is CCOC(=O)C1(Cl)CC=CCCC1=O. The number of rotatable bonds is 2. The van der Waals surface area contributed by atoms with Gasteiger partial charge in [0.25, 0.3) is 0 Å². The lowest BCUT2D eigenvalue weighted by atomic mass is 9.98. The van der Waals surface area contributed by atoms with E-state index in [1.807, 2.05) is 6.08 Å². The topological polar surface area (TPSA) is 43.4 Å². The maximum absolute atomic E-state index is 11.6. The third kappa shape index (κ3) is 2.15. The zero-order valence-electron chi connectivity index (χ0n) is 8.09. The van der Waals surface area contributed by atoms with E-state index >= 15 is 0 Å². The van der Waals surface area contributed by atoms with Crippen LogP contribution in [0.2, 0.25) is 0 Å². The van der Waals surface area contributed by atoms with E-state index in [4.69, 9.17) is 16.3 Å². The molecule has 0 radical (unpaired) electrons. The number of hydrogen-bond donors (Lipinski definition) is 0. The smallest absolute Gasteiger partial charge is 0.335 e. The van der Waals surface area contributed by atoms with Gasteiger partial charge < -0.3 is 4.74 Å². The van der Waals surface area contributed by atoms with Crippen LogP contribution in [0.3, 0.4) is 0 Å². The Hall–Kier alpha value is -0.830. The summed E-state index contributed by atoms with van der Waals surface area (Å²) >= 11 is 5.98. The van der Waals surface area contributed by atoms with Crippen molar-refractivity contribution in [2.24, 2.45) is 0 Å². The van der Waals surface area contributed by atoms with Crippen molar-refractivity contribution in [1.82, 2.24) is 0 Å². The van der Waals surface area contributed by atoms with E-state index in [0.29, 0.717) is 12.8 Å². The first-order valence-electron chi connectivity index (χ1n) is 4.65. The van der Waals surface area contributed by atoms with Crippen LogP contribution in [-0.2, 0) is 14.3 Å². The van der Waals surface area contributed by atoms with Gasteiger partial charge >= 0.3 is 5.97 Å². The molecule has 0 fully saturated rings. The normalized spacial score (nSPS) is 27.1. The molecule has 1 atom stereocenters. The van der Waals surface area contributed by atoms with Gasteiger partial charge in [-0.3, -0.25) is 4.79 Å². The zero-order valence-corrected chi connectivity index (χ0v) is 8.84. The predicted molar refractivity (Wildman–Crippen MR) is 53.2 cm³/mol. The highest BCUT2D eigenvalue weighted by atomic mass is 35.5. The Balaban J connectivity index is 2.82. The second-order valence-electron chi connectivity index (χ2n) is 3.16. The van der Waals surface area contributed by atoms with Crippen molar-refractivity contribution < 1.29 is 14.3 Å². The Morgan fingerprint density at radius 2 is 2.36 bits per heavy atom. The van der Waals surface area contributed by atoms with Crippen LogP contribution in [0.4, 0.5) is 0 Å². The number of halogens is 1. The van der Waals surface area contributed by atoms with Crippen molar-refractivity contribution >= 4 is 23.4 Å². The minimum absolute atomic E-state index is 0.228. The van der Waals surface area contributed by atoms with Gasteiger partial charge in [-0.2, -0.15) is 0 Å². The third-order valence-electron chi connectivity index (χ3n) is 2.14. The van der Waals surface area contributed by atoms with Gasteiger partial charge in [0.05, 0.1) is 6.61 Å². The highest BCUT2D eigenvalue weighted by Gasteiger charge is 2.44. The summed E-state index contributed by atoms with van der Waals surface area (Å²) in [6.07, 6.45) is 4.80. The van der Waals surface area contributed by atoms with Crippen LogP contribution in [0.25, 0.3) is 0 Å².